The molecule has 0 radical (unpaired) electrons. The first-order valence-electron chi connectivity index (χ1n) is 6.65. The maximum absolute atomic E-state index is 11.8. The second kappa shape index (κ2) is 7.55. The molecule has 0 bridgehead atoms. The standard InChI is InChI=1S/C14H21ClO3Si/c1-4-19(5-2,6-3)18-14(16)11-17-13-9-7-12(15)8-10-13/h7-10H,4-6,11H2,1-3H3. The molecule has 19 heavy (non-hydrogen) atoms. The Labute approximate surface area is 121 Å². The molecular weight excluding hydrogens is 280 g/mol. The molecular formula is C14H21ClO3Si. The van der Waals surface area contributed by atoms with Gasteiger partial charge in [0.2, 0.25) is 0 Å². The fraction of sp³-hybridized carbons (Fsp3) is 0.500. The predicted octanol–water partition coefficient (Wildman–Crippen LogP) is 4.27. The molecule has 0 aliphatic carbocycles. The number of carbonyl (C=O) groups is 1. The summed E-state index contributed by atoms with van der Waals surface area (Å²) in [6.07, 6.45) is 0. The van der Waals surface area contributed by atoms with Crippen molar-refractivity contribution in [3.63, 3.8) is 0 Å². The van der Waals surface area contributed by atoms with Gasteiger partial charge in [0.05, 0.1) is 0 Å². The van der Waals surface area contributed by atoms with Gasteiger partial charge in [-0.25, -0.2) is 4.79 Å². The summed E-state index contributed by atoms with van der Waals surface area (Å²) in [6.45, 7) is 6.22. The van der Waals surface area contributed by atoms with Crippen LogP contribution in [-0.2, 0) is 9.22 Å². The van der Waals surface area contributed by atoms with Crippen molar-refractivity contribution in [1.82, 2.24) is 0 Å². The second-order valence-electron chi connectivity index (χ2n) is 4.46. The Morgan fingerprint density at radius 1 is 1.11 bits per heavy atom. The molecule has 0 aliphatic heterocycles. The van der Waals surface area contributed by atoms with Crippen LogP contribution in [0.25, 0.3) is 0 Å². The number of hydrogen-bond acceptors (Lipinski definition) is 3. The fourth-order valence-corrected chi connectivity index (χ4v) is 4.51. The van der Waals surface area contributed by atoms with E-state index in [9.17, 15) is 4.79 Å². The summed E-state index contributed by atoms with van der Waals surface area (Å²) < 4.78 is 11.1. The first kappa shape index (κ1) is 16.1. The van der Waals surface area contributed by atoms with Gasteiger partial charge >= 0.3 is 5.97 Å². The van der Waals surface area contributed by atoms with Crippen LogP contribution in [0.1, 0.15) is 20.8 Å². The zero-order valence-corrected chi connectivity index (χ0v) is 13.5. The minimum atomic E-state index is -1.88. The summed E-state index contributed by atoms with van der Waals surface area (Å²) in [5.74, 6) is 0.352. The van der Waals surface area contributed by atoms with Crippen molar-refractivity contribution in [2.75, 3.05) is 6.61 Å². The molecule has 106 valence electrons. The van der Waals surface area contributed by atoms with Crippen molar-refractivity contribution < 1.29 is 14.0 Å². The van der Waals surface area contributed by atoms with Gasteiger partial charge in [0, 0.05) is 5.02 Å². The van der Waals surface area contributed by atoms with E-state index in [0.29, 0.717) is 10.8 Å². The summed E-state index contributed by atoms with van der Waals surface area (Å²) in [4.78, 5) is 11.8. The number of halogens is 1. The highest BCUT2D eigenvalue weighted by molar-refractivity contribution is 6.74. The Balaban J connectivity index is 2.49. The monoisotopic (exact) mass is 300 g/mol. The Morgan fingerprint density at radius 2 is 1.63 bits per heavy atom. The number of ether oxygens (including phenoxy) is 1. The lowest BCUT2D eigenvalue weighted by Gasteiger charge is -2.27. The molecule has 0 unspecified atom stereocenters. The minimum Gasteiger partial charge on any atom is -0.517 e. The molecule has 1 aromatic rings. The van der Waals surface area contributed by atoms with Crippen LogP contribution in [0.2, 0.25) is 23.2 Å². The molecule has 0 amide bonds. The molecule has 1 aromatic carbocycles. The van der Waals surface area contributed by atoms with E-state index >= 15 is 0 Å². The van der Waals surface area contributed by atoms with Gasteiger partial charge in [-0.1, -0.05) is 32.4 Å². The van der Waals surface area contributed by atoms with Gasteiger partial charge in [0.25, 0.3) is 8.32 Å². The number of benzene rings is 1. The van der Waals surface area contributed by atoms with Crippen molar-refractivity contribution >= 4 is 25.9 Å². The molecule has 3 nitrogen and oxygen atoms in total. The molecule has 5 heteroatoms. The van der Waals surface area contributed by atoms with Crippen LogP contribution >= 0.6 is 11.6 Å². The summed E-state index contributed by atoms with van der Waals surface area (Å²) in [5.41, 5.74) is 0. The van der Waals surface area contributed by atoms with Gasteiger partial charge in [-0.3, -0.25) is 0 Å². The quantitative estimate of drug-likeness (QED) is 0.706. The van der Waals surface area contributed by atoms with Gasteiger partial charge in [-0.05, 0) is 42.4 Å². The Bertz CT molecular complexity index is 393. The van der Waals surface area contributed by atoms with Crippen LogP contribution < -0.4 is 4.74 Å². The highest BCUT2D eigenvalue weighted by Gasteiger charge is 2.32. The van der Waals surface area contributed by atoms with Gasteiger partial charge in [0.15, 0.2) is 6.61 Å². The summed E-state index contributed by atoms with van der Waals surface area (Å²) in [6, 6.07) is 9.78. The molecule has 0 saturated heterocycles. The third-order valence-corrected chi connectivity index (χ3v) is 8.21. The fourth-order valence-electron chi connectivity index (χ4n) is 1.91. The van der Waals surface area contributed by atoms with E-state index in [1.165, 1.54) is 0 Å². The van der Waals surface area contributed by atoms with E-state index in [0.717, 1.165) is 18.1 Å². The Morgan fingerprint density at radius 3 is 2.11 bits per heavy atom. The summed E-state index contributed by atoms with van der Waals surface area (Å²) >= 11 is 5.78. The first-order valence-corrected chi connectivity index (χ1v) is 9.56. The first-order chi connectivity index (χ1) is 9.05. The number of hydrogen-bond donors (Lipinski definition) is 0. The van der Waals surface area contributed by atoms with Crippen LogP contribution in [0.15, 0.2) is 24.3 Å². The lowest BCUT2D eigenvalue weighted by Crippen LogP contribution is -2.39. The molecule has 0 aliphatic rings. The summed E-state index contributed by atoms with van der Waals surface area (Å²) in [5, 5.41) is 0.643. The van der Waals surface area contributed by atoms with Gasteiger partial charge in [-0.2, -0.15) is 0 Å². The highest BCUT2D eigenvalue weighted by atomic mass is 35.5. The highest BCUT2D eigenvalue weighted by Crippen LogP contribution is 2.22. The van der Waals surface area contributed by atoms with E-state index in [4.69, 9.17) is 20.8 Å². The Kier molecular flexibility index (Phi) is 6.38. The van der Waals surface area contributed by atoms with Gasteiger partial charge < -0.3 is 9.16 Å². The molecule has 0 aromatic heterocycles. The summed E-state index contributed by atoms with van der Waals surface area (Å²) in [7, 11) is -1.88. The van der Waals surface area contributed by atoms with Crippen LogP contribution in [0.3, 0.4) is 0 Å². The normalized spacial score (nSPS) is 11.2. The third kappa shape index (κ3) is 4.88. The smallest absolute Gasteiger partial charge is 0.330 e. The Hall–Kier alpha value is -1.00. The molecule has 0 spiro atoms. The van der Waals surface area contributed by atoms with Crippen LogP contribution in [0, 0.1) is 0 Å². The molecule has 0 heterocycles. The molecule has 0 N–H and O–H groups in total. The van der Waals surface area contributed by atoms with E-state index in [2.05, 4.69) is 20.8 Å². The third-order valence-electron chi connectivity index (χ3n) is 3.43. The van der Waals surface area contributed by atoms with E-state index < -0.39 is 8.32 Å². The SMILES string of the molecule is CC[Si](CC)(CC)OC(=O)COc1ccc(Cl)cc1. The maximum atomic E-state index is 11.8. The average molecular weight is 301 g/mol. The second-order valence-corrected chi connectivity index (χ2v) is 9.59. The lowest BCUT2D eigenvalue weighted by atomic mass is 10.3. The van der Waals surface area contributed by atoms with Crippen molar-refractivity contribution in [3.8, 4) is 5.75 Å². The van der Waals surface area contributed by atoms with E-state index in [1.54, 1.807) is 24.3 Å². The largest absolute Gasteiger partial charge is 0.517 e. The maximum Gasteiger partial charge on any atom is 0.330 e. The molecule has 0 atom stereocenters. The predicted molar refractivity (Wildman–Crippen MR) is 80.2 cm³/mol. The molecule has 0 saturated carbocycles. The van der Waals surface area contributed by atoms with Crippen molar-refractivity contribution in [2.24, 2.45) is 0 Å². The van der Waals surface area contributed by atoms with Crippen LogP contribution in [-0.4, -0.2) is 20.9 Å². The number of carbonyl (C=O) groups excluding carboxylic acids is 1. The zero-order valence-electron chi connectivity index (χ0n) is 11.7. The average Bonchev–Trinajstić information content (AvgIpc) is 2.44. The van der Waals surface area contributed by atoms with Crippen molar-refractivity contribution in [2.45, 2.75) is 38.9 Å². The van der Waals surface area contributed by atoms with Crippen molar-refractivity contribution in [3.05, 3.63) is 29.3 Å². The minimum absolute atomic E-state index is 0.0453. The van der Waals surface area contributed by atoms with Crippen LogP contribution in [0.4, 0.5) is 0 Å². The molecule has 0 fully saturated rings. The number of rotatable bonds is 7. The van der Waals surface area contributed by atoms with Gasteiger partial charge in [0.1, 0.15) is 5.75 Å². The zero-order chi connectivity index (χ0) is 14.3. The van der Waals surface area contributed by atoms with Crippen LogP contribution in [0.5, 0.6) is 5.75 Å². The van der Waals surface area contributed by atoms with Crippen molar-refractivity contribution in [1.29, 1.82) is 0 Å². The van der Waals surface area contributed by atoms with E-state index in [-0.39, 0.29) is 12.6 Å². The topological polar surface area (TPSA) is 35.5 Å². The molecule has 1 rings (SSSR count). The lowest BCUT2D eigenvalue weighted by molar-refractivity contribution is -0.137. The van der Waals surface area contributed by atoms with Gasteiger partial charge in [-0.15, -0.1) is 0 Å². The van der Waals surface area contributed by atoms with E-state index in [1.807, 2.05) is 0 Å².